The summed E-state index contributed by atoms with van der Waals surface area (Å²) in [5, 5.41) is 0. The molecule has 0 aliphatic heterocycles. The molecular weight excluding hydrogens is 331 g/mol. The van der Waals surface area contributed by atoms with Gasteiger partial charge in [0.15, 0.2) is 0 Å². The van der Waals surface area contributed by atoms with Crippen LogP contribution in [0, 0.1) is 3.57 Å². The third-order valence-corrected chi connectivity index (χ3v) is 3.03. The molecule has 0 atom stereocenters. The van der Waals surface area contributed by atoms with Crippen LogP contribution in [-0.2, 0) is 4.79 Å². The fourth-order valence-electron chi connectivity index (χ4n) is 1.37. The van der Waals surface area contributed by atoms with E-state index in [0.717, 1.165) is 22.4 Å². The summed E-state index contributed by atoms with van der Waals surface area (Å²) in [6.45, 7) is 3.25. The van der Waals surface area contributed by atoms with Crippen molar-refractivity contribution < 1.29 is 4.79 Å². The van der Waals surface area contributed by atoms with Crippen LogP contribution in [0.1, 0.15) is 13.3 Å². The highest BCUT2D eigenvalue weighted by Gasteiger charge is 2.15. The zero-order chi connectivity index (χ0) is 12.8. The normalized spacial score (nSPS) is 10.1. The van der Waals surface area contributed by atoms with Gasteiger partial charge in [-0.15, -0.1) is 0 Å². The van der Waals surface area contributed by atoms with Gasteiger partial charge < -0.3 is 9.80 Å². The van der Waals surface area contributed by atoms with Gasteiger partial charge in [0, 0.05) is 26.8 Å². The molecule has 0 aromatic carbocycles. The second kappa shape index (κ2) is 6.73. The van der Waals surface area contributed by atoms with Crippen LogP contribution >= 0.6 is 22.6 Å². The van der Waals surface area contributed by atoms with Crippen molar-refractivity contribution >= 4 is 34.3 Å². The van der Waals surface area contributed by atoms with Gasteiger partial charge in [0.1, 0.15) is 12.1 Å². The largest absolute Gasteiger partial charge is 0.347 e. The number of hydrogen-bond donors (Lipinski definition) is 0. The van der Waals surface area contributed by atoms with Gasteiger partial charge in [-0.3, -0.25) is 4.79 Å². The molecule has 0 saturated carbocycles. The quantitative estimate of drug-likeness (QED) is 0.755. The molecule has 6 heteroatoms. The van der Waals surface area contributed by atoms with Gasteiger partial charge in [0.05, 0.1) is 10.1 Å². The van der Waals surface area contributed by atoms with Gasteiger partial charge in [0.25, 0.3) is 0 Å². The van der Waals surface area contributed by atoms with E-state index in [2.05, 4.69) is 39.5 Å². The van der Waals surface area contributed by atoms with Crippen molar-refractivity contribution in [2.24, 2.45) is 0 Å². The molecule has 0 N–H and O–H groups in total. The Morgan fingerprint density at radius 2 is 2.18 bits per heavy atom. The molecule has 0 unspecified atom stereocenters. The van der Waals surface area contributed by atoms with E-state index in [9.17, 15) is 4.79 Å². The Kier molecular flexibility index (Phi) is 5.60. The van der Waals surface area contributed by atoms with Crippen molar-refractivity contribution in [1.82, 2.24) is 14.9 Å². The topological polar surface area (TPSA) is 49.3 Å². The Morgan fingerprint density at radius 1 is 1.47 bits per heavy atom. The van der Waals surface area contributed by atoms with E-state index in [-0.39, 0.29) is 5.91 Å². The summed E-state index contributed by atoms with van der Waals surface area (Å²) in [5.41, 5.74) is 0. The Morgan fingerprint density at radius 3 is 2.71 bits per heavy atom. The first-order valence-corrected chi connectivity index (χ1v) is 6.54. The molecule has 0 bridgehead atoms. The first-order chi connectivity index (χ1) is 8.06. The summed E-state index contributed by atoms with van der Waals surface area (Å²) in [6, 6.07) is 0. The van der Waals surface area contributed by atoms with E-state index < -0.39 is 0 Å². The van der Waals surface area contributed by atoms with Gasteiger partial charge in [-0.25, -0.2) is 9.97 Å². The molecule has 1 amide bonds. The average Bonchev–Trinajstić information content (AvgIpc) is 2.29. The summed E-state index contributed by atoms with van der Waals surface area (Å²) in [5.74, 6) is 0.908. The van der Waals surface area contributed by atoms with E-state index >= 15 is 0 Å². The number of carbonyl (C=O) groups excluding carboxylic acids is 1. The van der Waals surface area contributed by atoms with E-state index in [1.807, 2.05) is 4.90 Å². The number of likely N-dealkylation sites (N-methyl/N-ethyl adjacent to an activating group) is 1. The predicted molar refractivity (Wildman–Crippen MR) is 75.9 cm³/mol. The van der Waals surface area contributed by atoms with Crippen LogP contribution in [0.3, 0.4) is 0 Å². The first kappa shape index (κ1) is 14.1. The van der Waals surface area contributed by atoms with Crippen LogP contribution in [0.25, 0.3) is 0 Å². The molecule has 1 heterocycles. The van der Waals surface area contributed by atoms with Gasteiger partial charge >= 0.3 is 0 Å². The highest BCUT2D eigenvalue weighted by atomic mass is 127. The molecule has 0 aliphatic rings. The minimum Gasteiger partial charge on any atom is -0.347 e. The molecule has 0 aliphatic carbocycles. The van der Waals surface area contributed by atoms with Crippen molar-refractivity contribution in [3.63, 3.8) is 0 Å². The summed E-state index contributed by atoms with van der Waals surface area (Å²) >= 11 is 2.19. The van der Waals surface area contributed by atoms with Crippen molar-refractivity contribution in [3.8, 4) is 0 Å². The van der Waals surface area contributed by atoms with Crippen molar-refractivity contribution in [1.29, 1.82) is 0 Å². The lowest BCUT2D eigenvalue weighted by Crippen LogP contribution is -2.38. The Hall–Kier alpha value is -0.920. The SMILES string of the molecule is CCCN(CC(=O)N(C)C)c1ncncc1I. The second-order valence-corrected chi connectivity index (χ2v) is 5.07. The number of carbonyl (C=O) groups is 1. The summed E-state index contributed by atoms with van der Waals surface area (Å²) in [4.78, 5) is 23.5. The lowest BCUT2D eigenvalue weighted by Gasteiger charge is -2.24. The third kappa shape index (κ3) is 4.10. The monoisotopic (exact) mass is 348 g/mol. The Balaban J connectivity index is 2.86. The van der Waals surface area contributed by atoms with Crippen LogP contribution in [-0.4, -0.2) is 48.0 Å². The summed E-state index contributed by atoms with van der Waals surface area (Å²) in [7, 11) is 3.52. The van der Waals surface area contributed by atoms with Crippen LogP contribution in [0.2, 0.25) is 0 Å². The zero-order valence-electron chi connectivity index (χ0n) is 10.4. The molecule has 1 aromatic heterocycles. The molecule has 1 rings (SSSR count). The molecule has 1 aromatic rings. The number of aromatic nitrogens is 2. The average molecular weight is 348 g/mol. The standard InChI is InChI=1S/C11H17IN4O/c1-4-5-16(7-10(17)15(2)3)11-9(12)6-13-8-14-11/h6,8H,4-5,7H2,1-3H3. The number of nitrogens with zero attached hydrogens (tertiary/aromatic N) is 4. The van der Waals surface area contributed by atoms with Crippen LogP contribution < -0.4 is 4.90 Å². The number of hydrogen-bond acceptors (Lipinski definition) is 4. The molecule has 17 heavy (non-hydrogen) atoms. The van der Waals surface area contributed by atoms with Crippen molar-refractivity contribution in [2.45, 2.75) is 13.3 Å². The molecule has 94 valence electrons. The minimum atomic E-state index is 0.0767. The van der Waals surface area contributed by atoms with Gasteiger partial charge in [-0.05, 0) is 29.0 Å². The molecular formula is C11H17IN4O. The number of halogens is 1. The van der Waals surface area contributed by atoms with Gasteiger partial charge in [-0.2, -0.15) is 0 Å². The highest BCUT2D eigenvalue weighted by molar-refractivity contribution is 14.1. The van der Waals surface area contributed by atoms with Crippen LogP contribution in [0.15, 0.2) is 12.5 Å². The Bertz CT molecular complexity index is 383. The maximum atomic E-state index is 11.8. The summed E-state index contributed by atoms with van der Waals surface area (Å²) < 4.78 is 0.963. The molecule has 0 radical (unpaired) electrons. The fraction of sp³-hybridized carbons (Fsp3) is 0.545. The van der Waals surface area contributed by atoms with E-state index in [4.69, 9.17) is 0 Å². The van der Waals surface area contributed by atoms with E-state index in [0.29, 0.717) is 6.54 Å². The molecule has 0 saturated heterocycles. The molecule has 0 fully saturated rings. The van der Waals surface area contributed by atoms with E-state index in [1.165, 1.54) is 6.33 Å². The number of anilines is 1. The number of amides is 1. The van der Waals surface area contributed by atoms with Gasteiger partial charge in [-0.1, -0.05) is 6.92 Å². The Labute approximate surface area is 115 Å². The van der Waals surface area contributed by atoms with Crippen molar-refractivity contribution in [2.75, 3.05) is 32.1 Å². The maximum Gasteiger partial charge on any atom is 0.241 e. The zero-order valence-corrected chi connectivity index (χ0v) is 12.5. The van der Waals surface area contributed by atoms with Crippen LogP contribution in [0.4, 0.5) is 5.82 Å². The highest BCUT2D eigenvalue weighted by Crippen LogP contribution is 2.18. The molecule has 0 spiro atoms. The predicted octanol–water partition coefficient (Wildman–Crippen LogP) is 1.39. The fourth-order valence-corrected chi connectivity index (χ4v) is 2.01. The minimum absolute atomic E-state index is 0.0767. The van der Waals surface area contributed by atoms with Crippen molar-refractivity contribution in [3.05, 3.63) is 16.1 Å². The third-order valence-electron chi connectivity index (χ3n) is 2.27. The summed E-state index contributed by atoms with van der Waals surface area (Å²) in [6.07, 6.45) is 4.24. The number of rotatable bonds is 5. The first-order valence-electron chi connectivity index (χ1n) is 5.46. The second-order valence-electron chi connectivity index (χ2n) is 3.90. The smallest absolute Gasteiger partial charge is 0.241 e. The maximum absolute atomic E-state index is 11.8. The molecule has 5 nitrogen and oxygen atoms in total. The lowest BCUT2D eigenvalue weighted by atomic mass is 10.3. The van der Waals surface area contributed by atoms with E-state index in [1.54, 1.807) is 25.2 Å². The van der Waals surface area contributed by atoms with Crippen LogP contribution in [0.5, 0.6) is 0 Å². The van der Waals surface area contributed by atoms with Gasteiger partial charge in [0.2, 0.25) is 5.91 Å². The lowest BCUT2D eigenvalue weighted by molar-refractivity contribution is -0.127.